The Morgan fingerprint density at radius 2 is 2.05 bits per heavy atom. The average Bonchev–Trinajstić information content (AvgIpc) is 2.37. The third-order valence-corrected chi connectivity index (χ3v) is 2.55. The molecular weight excluding hydrogens is 256 g/mol. The zero-order chi connectivity index (χ0) is 14.3. The van der Waals surface area contributed by atoms with Gasteiger partial charge in [-0.3, -0.25) is 4.79 Å². The van der Waals surface area contributed by atoms with Crippen molar-refractivity contribution in [3.05, 3.63) is 29.8 Å². The van der Waals surface area contributed by atoms with Gasteiger partial charge in [-0.1, -0.05) is 18.2 Å². The van der Waals surface area contributed by atoms with Gasteiger partial charge in [-0.05, 0) is 13.1 Å². The summed E-state index contributed by atoms with van der Waals surface area (Å²) in [4.78, 5) is 12.8. The fraction of sp³-hybridized carbons (Fsp3) is 0.462. The number of alkyl halides is 2. The molecule has 1 aromatic rings. The maximum absolute atomic E-state index is 12.2. The lowest BCUT2D eigenvalue weighted by Crippen LogP contribution is -2.22. The van der Waals surface area contributed by atoms with E-state index in [2.05, 4.69) is 9.47 Å². The van der Waals surface area contributed by atoms with E-state index in [0.717, 1.165) is 0 Å². The van der Waals surface area contributed by atoms with Gasteiger partial charge in [-0.25, -0.2) is 0 Å². The van der Waals surface area contributed by atoms with Gasteiger partial charge >= 0.3 is 12.6 Å². The number of hydrogen-bond acceptors (Lipinski definition) is 4. The lowest BCUT2D eigenvalue weighted by molar-refractivity contribution is -0.140. The molecule has 6 heteroatoms. The third kappa shape index (κ3) is 5.65. The molecule has 0 saturated heterocycles. The highest BCUT2D eigenvalue weighted by Crippen LogP contribution is 2.21. The van der Waals surface area contributed by atoms with Crippen molar-refractivity contribution in [1.29, 1.82) is 0 Å². The molecule has 0 saturated carbocycles. The minimum Gasteiger partial charge on any atom is -0.469 e. The van der Waals surface area contributed by atoms with Crippen LogP contribution in [0.1, 0.15) is 12.0 Å². The largest absolute Gasteiger partial charge is 0.469 e. The molecule has 0 N–H and O–H groups in total. The summed E-state index contributed by atoms with van der Waals surface area (Å²) in [6.45, 7) is -1.95. The van der Waals surface area contributed by atoms with Crippen LogP contribution in [0.4, 0.5) is 8.78 Å². The van der Waals surface area contributed by atoms with Gasteiger partial charge in [0.25, 0.3) is 0 Å². The first kappa shape index (κ1) is 15.4. The van der Waals surface area contributed by atoms with Crippen LogP contribution in [0, 0.1) is 0 Å². The summed E-state index contributed by atoms with van der Waals surface area (Å²) in [6, 6.07) is 6.60. The quantitative estimate of drug-likeness (QED) is 0.714. The monoisotopic (exact) mass is 273 g/mol. The Labute approximate surface area is 110 Å². The number of ether oxygens (including phenoxy) is 2. The minimum atomic E-state index is -2.85. The first-order valence-corrected chi connectivity index (χ1v) is 5.81. The number of esters is 1. The molecule has 0 radical (unpaired) electrons. The van der Waals surface area contributed by atoms with Crippen LogP contribution in [-0.2, 0) is 16.1 Å². The van der Waals surface area contributed by atoms with Crippen molar-refractivity contribution in [2.45, 2.75) is 19.6 Å². The van der Waals surface area contributed by atoms with Gasteiger partial charge in [0.05, 0.1) is 13.5 Å². The van der Waals surface area contributed by atoms with Crippen molar-refractivity contribution in [3.8, 4) is 5.75 Å². The number of halogens is 2. The number of methoxy groups -OCH3 is 1. The van der Waals surface area contributed by atoms with E-state index in [4.69, 9.17) is 0 Å². The number of benzene rings is 1. The van der Waals surface area contributed by atoms with Gasteiger partial charge in [-0.2, -0.15) is 8.78 Å². The van der Waals surface area contributed by atoms with Gasteiger partial charge in [0.2, 0.25) is 0 Å². The fourth-order valence-electron chi connectivity index (χ4n) is 1.60. The van der Waals surface area contributed by atoms with Crippen molar-refractivity contribution >= 4 is 5.97 Å². The minimum absolute atomic E-state index is 0.155. The van der Waals surface area contributed by atoms with Gasteiger partial charge in [0, 0.05) is 18.7 Å². The molecule has 0 unspecified atom stereocenters. The van der Waals surface area contributed by atoms with E-state index in [0.29, 0.717) is 18.7 Å². The molecule has 0 spiro atoms. The van der Waals surface area contributed by atoms with E-state index in [1.807, 2.05) is 4.90 Å². The molecule has 4 nitrogen and oxygen atoms in total. The van der Waals surface area contributed by atoms with Gasteiger partial charge in [0.1, 0.15) is 5.75 Å². The molecule has 0 fully saturated rings. The van der Waals surface area contributed by atoms with Crippen molar-refractivity contribution in [3.63, 3.8) is 0 Å². The SMILES string of the molecule is COC(=O)CCN(C)Cc1ccccc1OC(F)F. The highest BCUT2D eigenvalue weighted by Gasteiger charge is 2.11. The molecule has 0 aliphatic heterocycles. The van der Waals surface area contributed by atoms with Gasteiger partial charge in [0.15, 0.2) is 0 Å². The molecule has 0 aromatic heterocycles. The zero-order valence-corrected chi connectivity index (χ0v) is 10.9. The molecule has 0 heterocycles. The molecule has 19 heavy (non-hydrogen) atoms. The average molecular weight is 273 g/mol. The van der Waals surface area contributed by atoms with Crippen LogP contribution in [0.5, 0.6) is 5.75 Å². The van der Waals surface area contributed by atoms with Crippen molar-refractivity contribution in [2.75, 3.05) is 20.7 Å². The first-order chi connectivity index (χ1) is 9.02. The topological polar surface area (TPSA) is 38.8 Å². The third-order valence-electron chi connectivity index (χ3n) is 2.55. The van der Waals surface area contributed by atoms with Crippen LogP contribution in [0.15, 0.2) is 24.3 Å². The number of nitrogens with zero attached hydrogens (tertiary/aromatic N) is 1. The lowest BCUT2D eigenvalue weighted by atomic mass is 10.2. The van der Waals surface area contributed by atoms with E-state index in [-0.39, 0.29) is 18.1 Å². The second-order valence-electron chi connectivity index (χ2n) is 4.05. The van der Waals surface area contributed by atoms with E-state index >= 15 is 0 Å². The second-order valence-corrected chi connectivity index (χ2v) is 4.05. The first-order valence-electron chi connectivity index (χ1n) is 5.81. The maximum Gasteiger partial charge on any atom is 0.387 e. The van der Waals surface area contributed by atoms with E-state index in [1.54, 1.807) is 25.2 Å². The summed E-state index contributed by atoms with van der Waals surface area (Å²) < 4.78 is 33.5. The summed E-state index contributed by atoms with van der Waals surface area (Å²) in [5.74, 6) is -0.147. The standard InChI is InChI=1S/C13H17F2NO3/c1-16(8-7-12(17)18-2)9-10-5-3-4-6-11(10)19-13(14)15/h3-6,13H,7-9H2,1-2H3. The van der Waals surface area contributed by atoms with Crippen LogP contribution in [0.3, 0.4) is 0 Å². The van der Waals surface area contributed by atoms with Crippen LogP contribution >= 0.6 is 0 Å². The predicted octanol–water partition coefficient (Wildman–Crippen LogP) is 2.28. The van der Waals surface area contributed by atoms with Crippen LogP contribution < -0.4 is 4.74 Å². The molecule has 0 amide bonds. The van der Waals surface area contributed by atoms with E-state index in [9.17, 15) is 13.6 Å². The molecule has 1 rings (SSSR count). The zero-order valence-electron chi connectivity index (χ0n) is 10.9. The van der Waals surface area contributed by atoms with Crippen molar-refractivity contribution in [2.24, 2.45) is 0 Å². The maximum atomic E-state index is 12.2. The van der Waals surface area contributed by atoms with Crippen molar-refractivity contribution < 1.29 is 23.0 Å². The number of carbonyl (C=O) groups excluding carboxylic acids is 1. The van der Waals surface area contributed by atoms with Gasteiger partial charge in [-0.15, -0.1) is 0 Å². The summed E-state index contributed by atoms with van der Waals surface area (Å²) in [5.41, 5.74) is 0.648. The summed E-state index contributed by atoms with van der Waals surface area (Å²) in [5, 5.41) is 0. The predicted molar refractivity (Wildman–Crippen MR) is 66.0 cm³/mol. The summed E-state index contributed by atoms with van der Waals surface area (Å²) in [6.07, 6.45) is 0.255. The lowest BCUT2D eigenvalue weighted by Gasteiger charge is -2.18. The van der Waals surface area contributed by atoms with E-state index in [1.165, 1.54) is 13.2 Å². The Morgan fingerprint density at radius 1 is 1.37 bits per heavy atom. The highest BCUT2D eigenvalue weighted by atomic mass is 19.3. The summed E-state index contributed by atoms with van der Waals surface area (Å²) >= 11 is 0. The van der Waals surface area contributed by atoms with Crippen LogP contribution in [-0.4, -0.2) is 38.2 Å². The number of hydrogen-bond donors (Lipinski definition) is 0. The fourth-order valence-corrected chi connectivity index (χ4v) is 1.60. The smallest absolute Gasteiger partial charge is 0.387 e. The van der Waals surface area contributed by atoms with Crippen molar-refractivity contribution in [1.82, 2.24) is 4.90 Å². The summed E-state index contributed by atoms with van der Waals surface area (Å²) in [7, 11) is 3.12. The molecule has 1 aromatic carbocycles. The van der Waals surface area contributed by atoms with E-state index < -0.39 is 6.61 Å². The Morgan fingerprint density at radius 3 is 2.68 bits per heavy atom. The molecule has 0 aliphatic rings. The molecule has 106 valence electrons. The Kier molecular flexibility index (Phi) is 6.21. The Hall–Kier alpha value is -1.69. The normalized spacial score (nSPS) is 10.8. The number of rotatable bonds is 7. The number of para-hydroxylation sites is 1. The number of carbonyl (C=O) groups is 1. The molecule has 0 aliphatic carbocycles. The van der Waals surface area contributed by atoms with Gasteiger partial charge < -0.3 is 14.4 Å². The Bertz CT molecular complexity index is 413. The molecule has 0 bridgehead atoms. The van der Waals surface area contributed by atoms with Crippen LogP contribution in [0.25, 0.3) is 0 Å². The second kappa shape index (κ2) is 7.68. The Balaban J connectivity index is 2.58. The molecular formula is C13H17F2NO3. The highest BCUT2D eigenvalue weighted by molar-refractivity contribution is 5.69. The van der Waals surface area contributed by atoms with Crippen LogP contribution in [0.2, 0.25) is 0 Å². The molecule has 0 atom stereocenters.